The summed E-state index contributed by atoms with van der Waals surface area (Å²) in [5.41, 5.74) is 0.501. The molecule has 5 rings (SSSR count). The number of carbonyl (C=O) groups is 2. The van der Waals surface area contributed by atoms with Crippen LogP contribution in [0.15, 0.2) is 47.2 Å². The lowest BCUT2D eigenvalue weighted by Gasteiger charge is -2.36. The van der Waals surface area contributed by atoms with Crippen molar-refractivity contribution < 1.29 is 37.5 Å². The van der Waals surface area contributed by atoms with Crippen LogP contribution < -0.4 is 15.7 Å². The number of nitrogens with one attached hydrogen (secondary N) is 2. The molecule has 0 saturated carbocycles. The molecule has 1 aliphatic rings. The Labute approximate surface area is 208 Å². The molecule has 3 N–H and O–H groups in total. The Hall–Kier alpha value is -3.65. The average Bonchev–Trinajstić information content (AvgIpc) is 3.38. The standard InChI is InChI=1S/C22H13ClF4N4O4S/c23-15-3-2-12(24)5-10(15)7-29-17-4-1-11(22(25,26)27)6-13(17)18(19(29)21(33)34)30-20(32)14-8-36-9-16(14)28-31(30)35/h1-6,8-9,28,31H,7H2,(H,33,34). The van der Waals surface area contributed by atoms with Gasteiger partial charge in [0, 0.05) is 21.2 Å². The SMILES string of the molecule is O=C(O)c1c(N2C(=O)c3cscc3N[NH+]2[O-])c2cc(C(F)(F)F)ccc2n1Cc1cc(F)ccc1Cl. The van der Waals surface area contributed by atoms with Crippen LogP contribution in [0.25, 0.3) is 10.9 Å². The van der Waals surface area contributed by atoms with Crippen LogP contribution in [0.2, 0.25) is 5.02 Å². The normalized spacial score (nSPS) is 15.8. The van der Waals surface area contributed by atoms with Crippen molar-refractivity contribution in [2.45, 2.75) is 12.7 Å². The van der Waals surface area contributed by atoms with Gasteiger partial charge in [-0.25, -0.2) is 14.6 Å². The van der Waals surface area contributed by atoms with E-state index in [-0.39, 0.29) is 39.3 Å². The van der Waals surface area contributed by atoms with Gasteiger partial charge in [-0.1, -0.05) is 11.6 Å². The molecule has 2 aromatic carbocycles. The van der Waals surface area contributed by atoms with Crippen LogP contribution in [-0.4, -0.2) is 21.6 Å². The van der Waals surface area contributed by atoms with Crippen LogP contribution in [0.3, 0.4) is 0 Å². The summed E-state index contributed by atoms with van der Waals surface area (Å²) < 4.78 is 55.7. The van der Waals surface area contributed by atoms with Gasteiger partial charge in [0.25, 0.3) is 0 Å². The molecular formula is C22H13ClF4N4O4S. The molecule has 0 radical (unpaired) electrons. The maximum Gasteiger partial charge on any atom is 0.416 e. The lowest BCUT2D eigenvalue weighted by molar-refractivity contribution is -0.826. The number of amides is 1. The first-order chi connectivity index (χ1) is 17.0. The van der Waals surface area contributed by atoms with E-state index in [1.807, 2.05) is 0 Å². The van der Waals surface area contributed by atoms with Crippen molar-refractivity contribution in [2.24, 2.45) is 0 Å². The molecule has 4 aromatic rings. The van der Waals surface area contributed by atoms with Crippen LogP contribution >= 0.6 is 22.9 Å². The first-order valence-electron chi connectivity index (χ1n) is 10.1. The van der Waals surface area contributed by atoms with Gasteiger partial charge in [-0.15, -0.1) is 16.3 Å². The number of fused-ring (bicyclic) bond motifs is 2. The van der Waals surface area contributed by atoms with Crippen molar-refractivity contribution in [2.75, 3.05) is 10.4 Å². The smallest absolute Gasteiger partial charge is 0.416 e. The second-order valence-corrected chi connectivity index (χ2v) is 8.97. The number of hydrogen-bond acceptors (Lipinski definition) is 5. The van der Waals surface area contributed by atoms with E-state index in [0.717, 1.165) is 40.2 Å². The zero-order valence-electron chi connectivity index (χ0n) is 17.7. The van der Waals surface area contributed by atoms with E-state index in [0.29, 0.717) is 11.1 Å². The summed E-state index contributed by atoms with van der Waals surface area (Å²) in [5.74, 6) is -3.20. The number of carboxylic acid groups (broad SMARTS) is 1. The highest BCUT2D eigenvalue weighted by Crippen LogP contribution is 2.40. The van der Waals surface area contributed by atoms with Crippen LogP contribution in [0.5, 0.6) is 0 Å². The Morgan fingerprint density at radius 2 is 1.94 bits per heavy atom. The van der Waals surface area contributed by atoms with Crippen molar-refractivity contribution in [3.8, 4) is 0 Å². The lowest BCUT2D eigenvalue weighted by Crippen LogP contribution is -3.19. The third-order valence-electron chi connectivity index (χ3n) is 5.67. The highest BCUT2D eigenvalue weighted by Gasteiger charge is 2.40. The Balaban J connectivity index is 1.82. The number of halogens is 5. The van der Waals surface area contributed by atoms with Gasteiger partial charge in [-0.05, 0) is 42.0 Å². The predicted molar refractivity (Wildman–Crippen MR) is 123 cm³/mol. The molecule has 8 nitrogen and oxygen atoms in total. The van der Waals surface area contributed by atoms with Crippen molar-refractivity contribution in [1.82, 2.24) is 4.57 Å². The Morgan fingerprint density at radius 3 is 2.64 bits per heavy atom. The molecule has 186 valence electrons. The Morgan fingerprint density at radius 1 is 1.19 bits per heavy atom. The molecule has 1 aliphatic heterocycles. The fraction of sp³-hybridized carbons (Fsp3) is 0.0909. The maximum atomic E-state index is 13.9. The molecule has 14 heteroatoms. The summed E-state index contributed by atoms with van der Waals surface area (Å²) in [6.45, 7) is -0.368. The molecule has 2 aromatic heterocycles. The molecule has 0 fully saturated rings. The molecular weight excluding hydrogens is 528 g/mol. The number of aromatic nitrogens is 1. The minimum atomic E-state index is -4.79. The van der Waals surface area contributed by atoms with Crippen molar-refractivity contribution in [1.29, 1.82) is 0 Å². The van der Waals surface area contributed by atoms with E-state index in [1.165, 1.54) is 16.8 Å². The maximum absolute atomic E-state index is 13.9. The highest BCUT2D eigenvalue weighted by atomic mass is 35.5. The molecule has 0 aliphatic carbocycles. The van der Waals surface area contributed by atoms with Crippen molar-refractivity contribution in [3.05, 3.63) is 85.6 Å². The van der Waals surface area contributed by atoms with Gasteiger partial charge in [0.15, 0.2) is 5.69 Å². The quantitative estimate of drug-likeness (QED) is 0.260. The van der Waals surface area contributed by atoms with E-state index in [4.69, 9.17) is 11.6 Å². The van der Waals surface area contributed by atoms with Gasteiger partial charge in [0.2, 0.25) is 0 Å². The molecule has 0 spiro atoms. The number of hydrogen-bond donors (Lipinski definition) is 3. The van der Waals surface area contributed by atoms with E-state index in [1.54, 1.807) is 0 Å². The van der Waals surface area contributed by atoms with Gasteiger partial charge in [-0.3, -0.25) is 4.79 Å². The highest BCUT2D eigenvalue weighted by molar-refractivity contribution is 7.08. The van der Waals surface area contributed by atoms with E-state index >= 15 is 0 Å². The van der Waals surface area contributed by atoms with Crippen LogP contribution in [-0.2, 0) is 12.7 Å². The topological polar surface area (TPSA) is 102 Å². The summed E-state index contributed by atoms with van der Waals surface area (Å²) in [6.07, 6.45) is -4.79. The molecule has 1 unspecified atom stereocenters. The van der Waals surface area contributed by atoms with Crippen LogP contribution in [0.4, 0.5) is 28.9 Å². The predicted octanol–water partition coefficient (Wildman–Crippen LogP) is 4.55. The fourth-order valence-corrected chi connectivity index (χ4v) is 5.03. The summed E-state index contributed by atoms with van der Waals surface area (Å²) in [6, 6.07) is 5.85. The zero-order chi connectivity index (χ0) is 25.9. The number of thiophene rings is 1. The minimum Gasteiger partial charge on any atom is -0.582 e. The lowest BCUT2D eigenvalue weighted by atomic mass is 10.1. The van der Waals surface area contributed by atoms with Crippen LogP contribution in [0.1, 0.15) is 32.0 Å². The van der Waals surface area contributed by atoms with Gasteiger partial charge >= 0.3 is 18.1 Å². The summed E-state index contributed by atoms with van der Waals surface area (Å²) in [4.78, 5) is 25.7. The van der Waals surface area contributed by atoms with Crippen molar-refractivity contribution in [3.63, 3.8) is 0 Å². The third-order valence-corrected chi connectivity index (χ3v) is 6.78. The van der Waals surface area contributed by atoms with Gasteiger partial charge in [0.1, 0.15) is 17.2 Å². The largest absolute Gasteiger partial charge is 0.582 e. The van der Waals surface area contributed by atoms with E-state index in [9.17, 15) is 37.5 Å². The summed E-state index contributed by atoms with van der Waals surface area (Å²) in [7, 11) is 0. The van der Waals surface area contributed by atoms with Gasteiger partial charge < -0.3 is 14.9 Å². The Kier molecular flexibility index (Phi) is 5.67. The van der Waals surface area contributed by atoms with Gasteiger partial charge in [-0.2, -0.15) is 18.5 Å². The van der Waals surface area contributed by atoms with Gasteiger partial charge in [0.05, 0.1) is 23.2 Å². The first kappa shape index (κ1) is 24.1. The number of benzene rings is 2. The summed E-state index contributed by atoms with van der Waals surface area (Å²) in [5, 5.41) is 25.2. The second kappa shape index (κ2) is 8.48. The fourth-order valence-electron chi connectivity index (χ4n) is 4.10. The number of aromatic carboxylic acids is 1. The second-order valence-electron chi connectivity index (χ2n) is 7.82. The average molecular weight is 541 g/mol. The Bertz CT molecular complexity index is 1550. The molecule has 1 amide bonds. The number of carbonyl (C=O) groups excluding carboxylic acids is 1. The van der Waals surface area contributed by atoms with Crippen LogP contribution in [0, 0.1) is 11.0 Å². The molecule has 0 saturated heterocycles. The van der Waals surface area contributed by atoms with E-state index < -0.39 is 46.1 Å². The number of rotatable bonds is 4. The molecule has 3 heterocycles. The number of nitrogens with zero attached hydrogens (tertiary/aromatic N) is 2. The zero-order valence-corrected chi connectivity index (χ0v) is 19.3. The molecule has 1 atom stereocenters. The van der Waals surface area contributed by atoms with E-state index in [2.05, 4.69) is 5.43 Å². The molecule has 0 bridgehead atoms. The number of alkyl halides is 3. The monoisotopic (exact) mass is 540 g/mol. The number of carboxylic acids is 1. The number of quaternary nitrogens is 1. The first-order valence-corrected chi connectivity index (χ1v) is 11.4. The van der Waals surface area contributed by atoms with Crippen molar-refractivity contribution >= 4 is 57.1 Å². The molecule has 36 heavy (non-hydrogen) atoms. The minimum absolute atomic E-state index is 0.0348. The summed E-state index contributed by atoms with van der Waals surface area (Å²) >= 11 is 7.26. The number of anilines is 2. The third kappa shape index (κ3) is 3.86.